The Balaban J connectivity index is 2.01. The number of ketones is 1. The topological polar surface area (TPSA) is 93.1 Å². The molecule has 3 aromatic rings. The quantitative estimate of drug-likeness (QED) is 0.194. The van der Waals surface area contributed by atoms with Crippen molar-refractivity contribution in [1.29, 1.82) is 0 Å². The smallest absolute Gasteiger partial charge is 0.333 e. The molecule has 37 heavy (non-hydrogen) atoms. The van der Waals surface area contributed by atoms with Crippen LogP contribution in [0, 0.1) is 0 Å². The van der Waals surface area contributed by atoms with E-state index in [1.54, 1.807) is 42.5 Å². The maximum atomic E-state index is 13.4. The number of aliphatic hydroxyl groups excluding tert-OH is 1. The number of rotatable bonds is 11. The number of benzene rings is 3. The normalized spacial score (nSPS) is 12.0. The molecule has 0 radical (unpaired) electrons. The number of carbonyl (C=O) groups excluding carboxylic acids is 2. The van der Waals surface area contributed by atoms with E-state index in [4.69, 9.17) is 9.47 Å². The van der Waals surface area contributed by atoms with Crippen LogP contribution < -0.4 is 4.74 Å². The van der Waals surface area contributed by atoms with Gasteiger partial charge in [-0.2, -0.15) is 0 Å². The molecule has 3 aromatic carbocycles. The van der Waals surface area contributed by atoms with Gasteiger partial charge in [0.2, 0.25) is 0 Å². The van der Waals surface area contributed by atoms with Crippen molar-refractivity contribution in [3.63, 3.8) is 0 Å². The summed E-state index contributed by atoms with van der Waals surface area (Å²) in [5.74, 6) is -0.259. The van der Waals surface area contributed by atoms with E-state index in [0.717, 1.165) is 6.42 Å². The Morgan fingerprint density at radius 2 is 1.62 bits per heavy atom. The van der Waals surface area contributed by atoms with Gasteiger partial charge < -0.3 is 19.7 Å². The Kier molecular flexibility index (Phi) is 8.90. The number of aromatic hydroxyl groups is 1. The summed E-state index contributed by atoms with van der Waals surface area (Å²) in [5, 5.41) is 21.7. The van der Waals surface area contributed by atoms with Crippen LogP contribution in [0.4, 0.5) is 0 Å². The highest BCUT2D eigenvalue weighted by Crippen LogP contribution is 2.44. The average molecular weight is 503 g/mol. The lowest BCUT2D eigenvalue weighted by Gasteiger charge is -2.27. The molecule has 0 amide bonds. The van der Waals surface area contributed by atoms with Gasteiger partial charge in [0.25, 0.3) is 0 Å². The van der Waals surface area contributed by atoms with Gasteiger partial charge in [0, 0.05) is 27.8 Å². The van der Waals surface area contributed by atoms with Crippen molar-refractivity contribution >= 4 is 11.8 Å². The van der Waals surface area contributed by atoms with Crippen molar-refractivity contribution in [2.75, 3.05) is 13.2 Å². The second-order valence-electron chi connectivity index (χ2n) is 9.69. The second kappa shape index (κ2) is 11.9. The van der Waals surface area contributed by atoms with Gasteiger partial charge in [-0.05, 0) is 36.5 Å². The summed E-state index contributed by atoms with van der Waals surface area (Å²) in [5.41, 5.74) is 2.53. The van der Waals surface area contributed by atoms with Crippen molar-refractivity contribution in [3.05, 3.63) is 95.6 Å². The van der Waals surface area contributed by atoms with Gasteiger partial charge in [-0.25, -0.2) is 4.79 Å². The van der Waals surface area contributed by atoms with Crippen LogP contribution in [-0.2, 0) is 14.9 Å². The summed E-state index contributed by atoms with van der Waals surface area (Å²) < 4.78 is 10.9. The van der Waals surface area contributed by atoms with Gasteiger partial charge in [0.1, 0.15) is 30.8 Å². The summed E-state index contributed by atoms with van der Waals surface area (Å²) in [6.45, 7) is 10.7. The molecule has 0 aliphatic heterocycles. The molecular formula is C31H34O6. The molecule has 6 nitrogen and oxygen atoms in total. The summed E-state index contributed by atoms with van der Waals surface area (Å²) in [4.78, 5) is 25.0. The molecule has 0 saturated carbocycles. The highest BCUT2D eigenvalue weighted by molar-refractivity contribution is 6.13. The molecule has 0 aliphatic carbocycles. The lowest BCUT2D eigenvalue weighted by atomic mass is 9.79. The third-order valence-corrected chi connectivity index (χ3v) is 6.39. The molecule has 6 heteroatoms. The first-order valence-electron chi connectivity index (χ1n) is 12.2. The predicted octanol–water partition coefficient (Wildman–Crippen LogP) is 5.84. The largest absolute Gasteiger partial charge is 0.507 e. The molecule has 0 fully saturated rings. The number of hydrogen-bond acceptors (Lipinski definition) is 6. The van der Waals surface area contributed by atoms with Crippen LogP contribution in [0.1, 0.15) is 55.6 Å². The highest BCUT2D eigenvalue weighted by atomic mass is 16.5. The van der Waals surface area contributed by atoms with Gasteiger partial charge in [-0.1, -0.05) is 81.9 Å². The summed E-state index contributed by atoms with van der Waals surface area (Å²) >= 11 is 0. The minimum absolute atomic E-state index is 0.0726. The van der Waals surface area contributed by atoms with Crippen LogP contribution in [0.5, 0.6) is 11.5 Å². The Morgan fingerprint density at radius 1 is 0.973 bits per heavy atom. The van der Waals surface area contributed by atoms with Gasteiger partial charge in [0.05, 0.1) is 0 Å². The standard InChI is InChI=1S/C31H34O6/c1-6-31(4,5)27-17-23(36-18-22(32)19-37-30(35)20(2)3)16-26(29(27)34)24-14-10-11-15-25(24)28(33)21-12-8-7-9-13-21/h7-17,22,32,34H,2,6,18-19H2,1,3-5H3. The maximum Gasteiger partial charge on any atom is 0.333 e. The number of carbonyl (C=O) groups is 2. The molecule has 2 N–H and O–H groups in total. The van der Waals surface area contributed by atoms with Crippen molar-refractivity contribution < 1.29 is 29.3 Å². The second-order valence-corrected chi connectivity index (χ2v) is 9.69. The highest BCUT2D eigenvalue weighted by Gasteiger charge is 2.27. The zero-order chi connectivity index (χ0) is 27.2. The number of phenolic OH excluding ortho intramolecular Hbond substituents is 1. The van der Waals surface area contributed by atoms with Gasteiger partial charge in [-0.15, -0.1) is 0 Å². The first-order valence-corrected chi connectivity index (χ1v) is 12.2. The van der Waals surface area contributed by atoms with Crippen molar-refractivity contribution in [1.82, 2.24) is 0 Å². The van der Waals surface area contributed by atoms with E-state index >= 15 is 0 Å². The molecule has 0 heterocycles. The molecule has 0 bridgehead atoms. The first kappa shape index (κ1) is 27.7. The van der Waals surface area contributed by atoms with E-state index in [1.165, 1.54) is 6.92 Å². The van der Waals surface area contributed by atoms with Gasteiger partial charge >= 0.3 is 5.97 Å². The van der Waals surface area contributed by atoms with E-state index < -0.39 is 17.5 Å². The summed E-state index contributed by atoms with van der Waals surface area (Å²) in [7, 11) is 0. The number of hydrogen-bond donors (Lipinski definition) is 2. The fourth-order valence-corrected chi connectivity index (χ4v) is 3.80. The average Bonchev–Trinajstić information content (AvgIpc) is 2.90. The van der Waals surface area contributed by atoms with Gasteiger partial charge in [-0.3, -0.25) is 4.79 Å². The molecular weight excluding hydrogens is 468 g/mol. The van der Waals surface area contributed by atoms with Crippen molar-refractivity contribution in [2.45, 2.75) is 45.6 Å². The van der Waals surface area contributed by atoms with Crippen LogP contribution in [0.2, 0.25) is 0 Å². The lowest BCUT2D eigenvalue weighted by Crippen LogP contribution is -2.25. The molecule has 194 valence electrons. The third kappa shape index (κ3) is 6.66. The fraction of sp³-hybridized carbons (Fsp3) is 0.290. The summed E-state index contributed by atoms with van der Waals surface area (Å²) in [6.07, 6.45) is -0.316. The number of phenols is 1. The van der Waals surface area contributed by atoms with Crippen molar-refractivity contribution in [2.24, 2.45) is 0 Å². The van der Waals surface area contributed by atoms with Crippen LogP contribution >= 0.6 is 0 Å². The van der Waals surface area contributed by atoms with E-state index in [9.17, 15) is 19.8 Å². The third-order valence-electron chi connectivity index (χ3n) is 6.39. The zero-order valence-electron chi connectivity index (χ0n) is 21.8. The Bertz CT molecular complexity index is 1280. The molecule has 0 aromatic heterocycles. The molecule has 0 aliphatic rings. The Morgan fingerprint density at radius 3 is 2.27 bits per heavy atom. The van der Waals surface area contributed by atoms with E-state index in [-0.39, 0.29) is 30.3 Å². The minimum Gasteiger partial charge on any atom is -0.507 e. The van der Waals surface area contributed by atoms with Crippen LogP contribution in [-0.4, -0.2) is 41.3 Å². The van der Waals surface area contributed by atoms with Crippen molar-refractivity contribution in [3.8, 4) is 22.6 Å². The molecule has 0 saturated heterocycles. The van der Waals surface area contributed by atoms with Gasteiger partial charge in [0.15, 0.2) is 5.78 Å². The zero-order valence-corrected chi connectivity index (χ0v) is 21.8. The number of esters is 1. The monoisotopic (exact) mass is 502 g/mol. The van der Waals surface area contributed by atoms with Crippen LogP contribution in [0.3, 0.4) is 0 Å². The van der Waals surface area contributed by atoms with Crippen LogP contribution in [0.15, 0.2) is 78.9 Å². The number of ether oxygens (including phenoxy) is 2. The molecule has 1 unspecified atom stereocenters. The fourth-order valence-electron chi connectivity index (χ4n) is 3.80. The SMILES string of the molecule is C=C(C)C(=O)OCC(O)COc1cc(-c2ccccc2C(=O)c2ccccc2)c(O)c(C(C)(C)CC)c1. The van der Waals surface area contributed by atoms with E-state index in [2.05, 4.69) is 6.58 Å². The Hall–Kier alpha value is -3.90. The molecule has 0 spiro atoms. The summed E-state index contributed by atoms with van der Waals surface area (Å²) in [6, 6.07) is 19.5. The lowest BCUT2D eigenvalue weighted by molar-refractivity contribution is -0.142. The van der Waals surface area contributed by atoms with E-state index in [0.29, 0.717) is 33.6 Å². The molecule has 3 rings (SSSR count). The molecule has 1 atom stereocenters. The maximum absolute atomic E-state index is 13.4. The Labute approximate surface area is 218 Å². The number of aliphatic hydroxyl groups is 1. The minimum atomic E-state index is -1.06. The van der Waals surface area contributed by atoms with Crippen LogP contribution in [0.25, 0.3) is 11.1 Å². The predicted molar refractivity (Wildman–Crippen MR) is 144 cm³/mol. The first-order chi connectivity index (χ1) is 17.5. The van der Waals surface area contributed by atoms with E-state index in [1.807, 2.05) is 45.0 Å².